The summed E-state index contributed by atoms with van der Waals surface area (Å²) < 4.78 is 28.5. The summed E-state index contributed by atoms with van der Waals surface area (Å²) in [5, 5.41) is 2.89. The van der Waals surface area contributed by atoms with Crippen LogP contribution < -0.4 is 5.32 Å². The Kier molecular flexibility index (Phi) is 5.93. The molecule has 1 heterocycles. The van der Waals surface area contributed by atoms with E-state index in [2.05, 4.69) is 33.0 Å². The number of carbonyl (C=O) groups is 1. The third-order valence-corrected chi connectivity index (χ3v) is 8.03. The lowest BCUT2D eigenvalue weighted by Crippen LogP contribution is -2.37. The number of carbonyl (C=O) groups excluding carboxylic acids is 1. The maximum absolute atomic E-state index is 13.4. The first-order valence-electron chi connectivity index (χ1n) is 10.5. The second-order valence-corrected chi connectivity index (χ2v) is 11.6. The van der Waals surface area contributed by atoms with Crippen molar-refractivity contribution >= 4 is 15.9 Å². The van der Waals surface area contributed by atoms with E-state index in [-0.39, 0.29) is 27.7 Å². The van der Waals surface area contributed by atoms with Gasteiger partial charge in [0.1, 0.15) is 0 Å². The van der Waals surface area contributed by atoms with Crippen molar-refractivity contribution in [3.8, 4) is 0 Å². The molecule has 0 unspecified atom stereocenters. The zero-order valence-corrected chi connectivity index (χ0v) is 18.4. The molecule has 1 aromatic rings. The molecule has 1 aliphatic heterocycles. The van der Waals surface area contributed by atoms with Gasteiger partial charge in [-0.1, -0.05) is 46.6 Å². The molecule has 1 amide bonds. The van der Waals surface area contributed by atoms with E-state index < -0.39 is 10.0 Å². The largest absolute Gasteiger partial charge is 0.352 e. The van der Waals surface area contributed by atoms with Crippen molar-refractivity contribution in [1.29, 1.82) is 0 Å². The normalized spacial score (nSPS) is 26.9. The summed E-state index contributed by atoms with van der Waals surface area (Å²) in [5.74, 6) is -0.207. The molecule has 0 aromatic heterocycles. The highest BCUT2D eigenvalue weighted by Gasteiger charge is 2.53. The minimum atomic E-state index is -3.61. The van der Waals surface area contributed by atoms with Crippen LogP contribution in [0, 0.1) is 10.8 Å². The summed E-state index contributed by atoms with van der Waals surface area (Å²) in [6.07, 6.45) is 5.95. The lowest BCUT2D eigenvalue weighted by Gasteiger charge is -2.39. The smallest absolute Gasteiger partial charge is 0.251 e. The van der Waals surface area contributed by atoms with Crippen molar-refractivity contribution in [2.45, 2.75) is 77.2 Å². The van der Waals surface area contributed by atoms with E-state index in [4.69, 9.17) is 0 Å². The zero-order valence-electron chi connectivity index (χ0n) is 17.6. The zero-order chi connectivity index (χ0) is 20.6. The van der Waals surface area contributed by atoms with Gasteiger partial charge < -0.3 is 5.32 Å². The van der Waals surface area contributed by atoms with Crippen LogP contribution in [-0.4, -0.2) is 37.8 Å². The average Bonchev–Trinajstić information content (AvgIpc) is 2.88. The van der Waals surface area contributed by atoms with Gasteiger partial charge in [0, 0.05) is 24.7 Å². The maximum Gasteiger partial charge on any atom is 0.251 e. The molecule has 1 aliphatic carbocycles. The molecule has 5 nitrogen and oxygen atoms in total. The Morgan fingerprint density at radius 2 is 1.96 bits per heavy atom. The predicted molar refractivity (Wildman–Crippen MR) is 112 cm³/mol. The molecule has 156 valence electrons. The monoisotopic (exact) mass is 406 g/mol. The molecule has 3 rings (SSSR count). The number of nitrogens with one attached hydrogen (secondary N) is 1. The molecule has 2 fully saturated rings. The Morgan fingerprint density at radius 3 is 2.68 bits per heavy atom. The molecule has 0 spiro atoms. The van der Waals surface area contributed by atoms with Gasteiger partial charge >= 0.3 is 0 Å². The first-order chi connectivity index (χ1) is 13.1. The summed E-state index contributed by atoms with van der Waals surface area (Å²) in [7, 11) is -3.61. The van der Waals surface area contributed by atoms with Crippen molar-refractivity contribution in [2.24, 2.45) is 10.8 Å². The van der Waals surface area contributed by atoms with E-state index in [1.54, 1.807) is 22.5 Å². The van der Waals surface area contributed by atoms with Crippen molar-refractivity contribution < 1.29 is 13.2 Å². The molecule has 0 radical (unpaired) electrons. The number of nitrogens with zero attached hydrogens (tertiary/aromatic N) is 1. The lowest BCUT2D eigenvalue weighted by molar-refractivity contribution is 0.0952. The van der Waals surface area contributed by atoms with Crippen LogP contribution in [0.3, 0.4) is 0 Å². The third kappa shape index (κ3) is 4.43. The van der Waals surface area contributed by atoms with E-state index in [9.17, 15) is 13.2 Å². The highest BCUT2D eigenvalue weighted by atomic mass is 32.2. The predicted octanol–water partition coefficient (Wildman–Crippen LogP) is 4.20. The van der Waals surface area contributed by atoms with E-state index in [1.807, 2.05) is 0 Å². The fraction of sp³-hybridized carbons (Fsp3) is 0.682. The van der Waals surface area contributed by atoms with Crippen LogP contribution in [0.2, 0.25) is 0 Å². The number of fused-ring (bicyclic) bond motifs is 2. The van der Waals surface area contributed by atoms with Crippen LogP contribution in [0.4, 0.5) is 0 Å². The summed E-state index contributed by atoms with van der Waals surface area (Å²) in [5.41, 5.74) is 0.599. The number of unbranched alkanes of at least 4 members (excludes halogenated alkanes) is 2. The third-order valence-electron chi connectivity index (χ3n) is 6.14. The second-order valence-electron chi connectivity index (χ2n) is 9.75. The Morgan fingerprint density at radius 1 is 1.21 bits per heavy atom. The van der Waals surface area contributed by atoms with Crippen LogP contribution in [0.1, 0.15) is 76.6 Å². The lowest BCUT2D eigenvalue weighted by atomic mass is 9.65. The van der Waals surface area contributed by atoms with E-state index in [0.29, 0.717) is 18.7 Å². The number of rotatable bonds is 7. The molecule has 1 aromatic carbocycles. The van der Waals surface area contributed by atoms with Gasteiger partial charge in [-0.25, -0.2) is 8.42 Å². The van der Waals surface area contributed by atoms with Gasteiger partial charge in [-0.3, -0.25) is 4.79 Å². The van der Waals surface area contributed by atoms with Gasteiger partial charge in [-0.15, -0.1) is 0 Å². The summed E-state index contributed by atoms with van der Waals surface area (Å²) in [6, 6.07) is 6.53. The quantitative estimate of drug-likeness (QED) is 0.690. The number of benzene rings is 1. The Hall–Kier alpha value is -1.40. The number of hydrogen-bond acceptors (Lipinski definition) is 3. The summed E-state index contributed by atoms with van der Waals surface area (Å²) in [6.45, 7) is 9.97. The fourth-order valence-electron chi connectivity index (χ4n) is 5.30. The van der Waals surface area contributed by atoms with Gasteiger partial charge in [-0.05, 0) is 54.7 Å². The standard InChI is InChI=1S/C22H34N2O3S/c1-5-6-7-11-23-20(25)17-9-8-10-19(12-17)28(26,27)24-16-22(4)14-18(24)13-21(2,3)15-22/h8-10,12,18H,5-7,11,13-16H2,1-4H3,(H,23,25)/t18-,22+/m1/s1. The van der Waals surface area contributed by atoms with Crippen LogP contribution in [0.5, 0.6) is 0 Å². The number of hydrogen-bond donors (Lipinski definition) is 1. The summed E-state index contributed by atoms with van der Waals surface area (Å²) in [4.78, 5) is 12.6. The number of amides is 1. The fourth-order valence-corrected chi connectivity index (χ4v) is 7.12. The maximum atomic E-state index is 13.4. The highest BCUT2D eigenvalue weighted by molar-refractivity contribution is 7.89. The molecule has 2 aliphatic rings. The Balaban J connectivity index is 1.79. The van der Waals surface area contributed by atoms with Crippen molar-refractivity contribution in [3.63, 3.8) is 0 Å². The van der Waals surface area contributed by atoms with Crippen LogP contribution in [-0.2, 0) is 10.0 Å². The van der Waals surface area contributed by atoms with E-state index in [1.165, 1.54) is 6.07 Å². The topological polar surface area (TPSA) is 66.5 Å². The van der Waals surface area contributed by atoms with E-state index >= 15 is 0 Å². The Bertz CT molecular complexity index is 834. The van der Waals surface area contributed by atoms with Crippen LogP contribution in [0.25, 0.3) is 0 Å². The molecule has 28 heavy (non-hydrogen) atoms. The minimum Gasteiger partial charge on any atom is -0.352 e. The molecular weight excluding hydrogens is 372 g/mol. The minimum absolute atomic E-state index is 0.0355. The summed E-state index contributed by atoms with van der Waals surface area (Å²) >= 11 is 0. The van der Waals surface area contributed by atoms with Crippen molar-refractivity contribution in [2.75, 3.05) is 13.1 Å². The first kappa shape index (κ1) is 21.3. The molecular formula is C22H34N2O3S. The molecule has 1 saturated heterocycles. The van der Waals surface area contributed by atoms with Crippen molar-refractivity contribution in [3.05, 3.63) is 29.8 Å². The molecule has 1 saturated carbocycles. The van der Waals surface area contributed by atoms with Gasteiger partial charge in [-0.2, -0.15) is 4.31 Å². The Labute approximate surface area is 169 Å². The SMILES string of the molecule is CCCCCNC(=O)c1cccc(S(=O)(=O)N2C[C@@]3(C)C[C@H]2CC(C)(C)C3)c1. The van der Waals surface area contributed by atoms with Crippen LogP contribution >= 0.6 is 0 Å². The molecule has 2 atom stereocenters. The highest BCUT2D eigenvalue weighted by Crippen LogP contribution is 2.53. The van der Waals surface area contributed by atoms with Gasteiger partial charge in [0.15, 0.2) is 0 Å². The van der Waals surface area contributed by atoms with Crippen molar-refractivity contribution in [1.82, 2.24) is 9.62 Å². The van der Waals surface area contributed by atoms with E-state index in [0.717, 1.165) is 38.5 Å². The van der Waals surface area contributed by atoms with Gasteiger partial charge in [0.2, 0.25) is 10.0 Å². The molecule has 1 N–H and O–H groups in total. The van der Waals surface area contributed by atoms with Gasteiger partial charge in [0.25, 0.3) is 5.91 Å². The first-order valence-corrected chi connectivity index (χ1v) is 11.9. The van der Waals surface area contributed by atoms with Crippen LogP contribution in [0.15, 0.2) is 29.2 Å². The number of sulfonamides is 1. The van der Waals surface area contributed by atoms with Gasteiger partial charge in [0.05, 0.1) is 4.90 Å². The molecule has 2 bridgehead atoms. The average molecular weight is 407 g/mol. The second kappa shape index (κ2) is 7.79. The molecule has 6 heteroatoms.